The molecule has 0 fully saturated rings. The Kier molecular flexibility index (Phi) is 1.88. The molecule has 2 rings (SSSR count). The van der Waals surface area contributed by atoms with Crippen molar-refractivity contribution in [2.24, 2.45) is 5.16 Å². The Labute approximate surface area is 74.5 Å². The third kappa shape index (κ3) is 1.46. The first-order valence-corrected chi connectivity index (χ1v) is 3.80. The Morgan fingerprint density at radius 2 is 2.15 bits per heavy atom. The predicted molar refractivity (Wildman–Crippen MR) is 46.0 cm³/mol. The van der Waals surface area contributed by atoms with E-state index in [9.17, 15) is 0 Å². The highest BCUT2D eigenvalue weighted by Crippen LogP contribution is 2.12. The van der Waals surface area contributed by atoms with E-state index in [0.717, 1.165) is 5.56 Å². The van der Waals surface area contributed by atoms with Gasteiger partial charge in [-0.3, -0.25) is 0 Å². The molecule has 0 aromatic heterocycles. The van der Waals surface area contributed by atoms with Crippen molar-refractivity contribution < 1.29 is 5.21 Å². The molecular formula is C9H7N3O. The van der Waals surface area contributed by atoms with E-state index in [1.54, 1.807) is 18.3 Å². The van der Waals surface area contributed by atoms with Gasteiger partial charge in [0.2, 0.25) is 0 Å². The van der Waals surface area contributed by atoms with Crippen molar-refractivity contribution in [1.29, 1.82) is 0 Å². The molecule has 13 heavy (non-hydrogen) atoms. The van der Waals surface area contributed by atoms with Crippen LogP contribution in [-0.4, -0.2) is 15.4 Å². The second kappa shape index (κ2) is 3.18. The molecule has 0 unspecified atom stereocenters. The number of nitrogens with zero attached hydrogens (tertiary/aromatic N) is 3. The molecule has 2 aliphatic rings. The zero-order valence-corrected chi connectivity index (χ0v) is 6.75. The molecule has 1 N–H and O–H groups in total. The van der Waals surface area contributed by atoms with E-state index in [0.29, 0.717) is 11.1 Å². The van der Waals surface area contributed by atoms with E-state index in [-0.39, 0.29) is 0 Å². The van der Waals surface area contributed by atoms with Crippen molar-refractivity contribution >= 4 is 0 Å². The largest absolute Gasteiger partial charge is 0.410 e. The zero-order chi connectivity index (χ0) is 9.10. The fourth-order valence-corrected chi connectivity index (χ4v) is 1.10. The standard InChI is InChI=1S/C9H7N3O/c13-12-8-4-3-7-2-1-5-10-11-9(7)6-8/h1-6,13H. The van der Waals surface area contributed by atoms with Crippen molar-refractivity contribution in [1.82, 2.24) is 10.2 Å². The van der Waals surface area contributed by atoms with Crippen LogP contribution in [0.15, 0.2) is 41.7 Å². The van der Waals surface area contributed by atoms with Gasteiger partial charge in [0.1, 0.15) is 5.36 Å². The first kappa shape index (κ1) is 7.67. The summed E-state index contributed by atoms with van der Waals surface area (Å²) >= 11 is 0. The molecule has 1 aliphatic carbocycles. The molecule has 0 radical (unpaired) electrons. The monoisotopic (exact) mass is 173 g/mol. The summed E-state index contributed by atoms with van der Waals surface area (Å²) in [6.45, 7) is 0. The van der Waals surface area contributed by atoms with Crippen LogP contribution in [0.1, 0.15) is 0 Å². The first-order valence-electron chi connectivity index (χ1n) is 3.80. The molecule has 0 spiro atoms. The average Bonchev–Trinajstić information content (AvgIpc) is 2.41. The molecular weight excluding hydrogens is 166 g/mol. The van der Waals surface area contributed by atoms with Crippen molar-refractivity contribution in [2.45, 2.75) is 0 Å². The van der Waals surface area contributed by atoms with Gasteiger partial charge in [-0.15, -0.1) is 0 Å². The minimum absolute atomic E-state index is 0.480. The Bertz CT molecular complexity index is 455. The Morgan fingerprint density at radius 1 is 1.23 bits per heavy atom. The molecule has 0 aromatic rings. The Morgan fingerprint density at radius 3 is 3.00 bits per heavy atom. The van der Waals surface area contributed by atoms with Gasteiger partial charge >= 0.3 is 0 Å². The van der Waals surface area contributed by atoms with Crippen molar-refractivity contribution in [2.75, 3.05) is 0 Å². The topological polar surface area (TPSA) is 58.4 Å². The van der Waals surface area contributed by atoms with Crippen LogP contribution in [0.3, 0.4) is 0 Å². The maximum atomic E-state index is 8.54. The summed E-state index contributed by atoms with van der Waals surface area (Å²) in [4.78, 5) is 0. The molecule has 64 valence electrons. The normalized spacial score (nSPS) is 11.8. The summed E-state index contributed by atoms with van der Waals surface area (Å²) in [6, 6.07) is 8.92. The van der Waals surface area contributed by atoms with Gasteiger partial charge in [0.15, 0.2) is 0 Å². The fraction of sp³-hybridized carbons (Fsp3) is 0. The maximum absolute atomic E-state index is 8.54. The quantitative estimate of drug-likeness (QED) is 0.475. The van der Waals surface area contributed by atoms with Gasteiger partial charge < -0.3 is 5.21 Å². The lowest BCUT2D eigenvalue weighted by Crippen LogP contribution is -2.00. The molecule has 1 heterocycles. The highest BCUT2D eigenvalue weighted by molar-refractivity contribution is 5.58. The van der Waals surface area contributed by atoms with Crippen LogP contribution in [0.25, 0.3) is 11.3 Å². The molecule has 0 aromatic carbocycles. The van der Waals surface area contributed by atoms with E-state index < -0.39 is 0 Å². The van der Waals surface area contributed by atoms with Crippen LogP contribution < -0.4 is 5.36 Å². The van der Waals surface area contributed by atoms with Crippen LogP contribution in [0.2, 0.25) is 0 Å². The van der Waals surface area contributed by atoms with E-state index >= 15 is 0 Å². The van der Waals surface area contributed by atoms with Gasteiger partial charge in [-0.25, -0.2) is 0 Å². The van der Waals surface area contributed by atoms with Gasteiger partial charge in [0, 0.05) is 11.8 Å². The lowest BCUT2D eigenvalue weighted by atomic mass is 10.1. The Balaban J connectivity index is 2.78. The summed E-state index contributed by atoms with van der Waals surface area (Å²) in [6.07, 6.45) is 1.61. The fourth-order valence-electron chi connectivity index (χ4n) is 1.10. The molecule has 4 nitrogen and oxygen atoms in total. The maximum Gasteiger partial charge on any atom is 0.104 e. The molecule has 1 aliphatic heterocycles. The Hall–Kier alpha value is -1.97. The molecule has 0 saturated carbocycles. The van der Waals surface area contributed by atoms with Gasteiger partial charge in [0.25, 0.3) is 0 Å². The molecule has 4 heteroatoms. The predicted octanol–water partition coefficient (Wildman–Crippen LogP) is 0.871. The molecule has 0 atom stereocenters. The van der Waals surface area contributed by atoms with Gasteiger partial charge in [0.05, 0.1) is 5.69 Å². The van der Waals surface area contributed by atoms with Crippen LogP contribution >= 0.6 is 0 Å². The van der Waals surface area contributed by atoms with Gasteiger partial charge in [-0.1, -0.05) is 17.3 Å². The average molecular weight is 173 g/mol. The van der Waals surface area contributed by atoms with E-state index in [1.165, 1.54) is 0 Å². The molecule has 0 saturated heterocycles. The van der Waals surface area contributed by atoms with E-state index in [4.69, 9.17) is 5.21 Å². The minimum Gasteiger partial charge on any atom is -0.410 e. The summed E-state index contributed by atoms with van der Waals surface area (Å²) in [5, 5.41) is 19.8. The molecule has 0 bridgehead atoms. The SMILES string of the molecule is ON=c1ccc2cccnnc-2c1. The smallest absolute Gasteiger partial charge is 0.104 e. The first-order chi connectivity index (χ1) is 6.40. The number of hydrogen-bond donors (Lipinski definition) is 1. The third-order valence-corrected chi connectivity index (χ3v) is 1.72. The van der Waals surface area contributed by atoms with Crippen LogP contribution in [-0.2, 0) is 0 Å². The van der Waals surface area contributed by atoms with Gasteiger partial charge in [-0.05, 0) is 18.2 Å². The summed E-state index contributed by atoms with van der Waals surface area (Å²) in [5.41, 5.74) is 1.67. The third-order valence-electron chi connectivity index (χ3n) is 1.72. The van der Waals surface area contributed by atoms with Crippen molar-refractivity contribution in [3.05, 3.63) is 41.9 Å². The number of fused-ring (bicyclic) bond motifs is 1. The van der Waals surface area contributed by atoms with E-state index in [2.05, 4.69) is 15.4 Å². The summed E-state index contributed by atoms with van der Waals surface area (Å²) in [7, 11) is 0. The summed E-state index contributed by atoms with van der Waals surface area (Å²) < 4.78 is 0. The van der Waals surface area contributed by atoms with Crippen LogP contribution in [0.4, 0.5) is 0 Å². The highest BCUT2D eigenvalue weighted by atomic mass is 16.4. The number of rotatable bonds is 0. The number of benzene rings is 1. The number of aromatic nitrogens is 2. The lowest BCUT2D eigenvalue weighted by molar-refractivity contribution is 0.302. The minimum atomic E-state index is 0.480. The van der Waals surface area contributed by atoms with Crippen LogP contribution in [0.5, 0.6) is 0 Å². The summed E-state index contributed by atoms with van der Waals surface area (Å²) in [5.74, 6) is 0. The molecule has 0 amide bonds. The lowest BCUT2D eigenvalue weighted by Gasteiger charge is -1.95. The number of hydrogen-bond acceptors (Lipinski definition) is 4. The second-order valence-electron chi connectivity index (χ2n) is 2.57. The van der Waals surface area contributed by atoms with Gasteiger partial charge in [-0.2, -0.15) is 10.2 Å². The highest BCUT2D eigenvalue weighted by Gasteiger charge is 1.99. The van der Waals surface area contributed by atoms with Crippen molar-refractivity contribution in [3.8, 4) is 11.3 Å². The van der Waals surface area contributed by atoms with E-state index in [1.807, 2.05) is 18.2 Å². The van der Waals surface area contributed by atoms with Crippen LogP contribution in [0, 0.1) is 0 Å². The van der Waals surface area contributed by atoms with Crippen molar-refractivity contribution in [3.63, 3.8) is 0 Å². The second-order valence-corrected chi connectivity index (χ2v) is 2.57. The zero-order valence-electron chi connectivity index (χ0n) is 6.75.